The minimum Gasteiger partial charge on any atom is -0.297 e. The van der Waals surface area contributed by atoms with Crippen molar-refractivity contribution in [2.45, 2.75) is 19.4 Å². The molecule has 1 aliphatic rings. The standard InChI is InChI=1S/C13H15ClN2/c1-9-8-12(9)13(16-7-6-15)10-2-4-11(14)5-3-10/h2-5,9,12-13,16H,7-8H2,1H3/t9-,12-,13-/m1/s1. The van der Waals surface area contributed by atoms with Crippen molar-refractivity contribution in [3.63, 3.8) is 0 Å². The lowest BCUT2D eigenvalue weighted by Crippen LogP contribution is -2.23. The second-order valence-corrected chi connectivity index (χ2v) is 4.88. The smallest absolute Gasteiger partial charge is 0.0845 e. The van der Waals surface area contributed by atoms with Crippen molar-refractivity contribution >= 4 is 11.6 Å². The highest BCUT2D eigenvalue weighted by Gasteiger charge is 2.39. The van der Waals surface area contributed by atoms with Crippen LogP contribution < -0.4 is 5.32 Å². The van der Waals surface area contributed by atoms with E-state index in [0.717, 1.165) is 10.9 Å². The van der Waals surface area contributed by atoms with Crippen LogP contribution in [0.25, 0.3) is 0 Å². The van der Waals surface area contributed by atoms with Crippen LogP contribution >= 0.6 is 11.6 Å². The number of nitriles is 1. The molecule has 1 aliphatic carbocycles. The number of rotatable bonds is 4. The summed E-state index contributed by atoms with van der Waals surface area (Å²) in [4.78, 5) is 0. The zero-order chi connectivity index (χ0) is 11.5. The quantitative estimate of drug-likeness (QED) is 0.813. The molecule has 16 heavy (non-hydrogen) atoms. The van der Waals surface area contributed by atoms with Crippen molar-refractivity contribution in [2.24, 2.45) is 11.8 Å². The van der Waals surface area contributed by atoms with Gasteiger partial charge in [-0.3, -0.25) is 5.32 Å². The summed E-state index contributed by atoms with van der Waals surface area (Å²) in [6, 6.07) is 10.3. The van der Waals surface area contributed by atoms with E-state index in [4.69, 9.17) is 16.9 Å². The Labute approximate surface area is 101 Å². The molecule has 0 heterocycles. The zero-order valence-corrected chi connectivity index (χ0v) is 10.0. The van der Waals surface area contributed by atoms with Crippen molar-refractivity contribution in [1.29, 1.82) is 5.26 Å². The Balaban J connectivity index is 2.12. The Kier molecular flexibility index (Phi) is 3.48. The van der Waals surface area contributed by atoms with E-state index in [1.54, 1.807) is 0 Å². The summed E-state index contributed by atoms with van der Waals surface area (Å²) in [5.41, 5.74) is 1.23. The van der Waals surface area contributed by atoms with E-state index >= 15 is 0 Å². The first-order valence-electron chi connectivity index (χ1n) is 5.58. The average molecular weight is 235 g/mol. The third-order valence-electron chi connectivity index (χ3n) is 3.23. The maximum Gasteiger partial charge on any atom is 0.0845 e. The minimum atomic E-state index is 0.298. The Bertz CT molecular complexity index is 393. The molecule has 0 radical (unpaired) electrons. The Morgan fingerprint density at radius 1 is 1.50 bits per heavy atom. The fraction of sp³-hybridized carbons (Fsp3) is 0.462. The van der Waals surface area contributed by atoms with Gasteiger partial charge in [-0.15, -0.1) is 0 Å². The Morgan fingerprint density at radius 3 is 2.62 bits per heavy atom. The topological polar surface area (TPSA) is 35.8 Å². The molecule has 1 N–H and O–H groups in total. The van der Waals surface area contributed by atoms with Crippen LogP contribution in [-0.2, 0) is 0 Å². The van der Waals surface area contributed by atoms with Gasteiger partial charge < -0.3 is 0 Å². The Morgan fingerprint density at radius 2 is 2.12 bits per heavy atom. The fourth-order valence-electron chi connectivity index (χ4n) is 2.16. The van der Waals surface area contributed by atoms with Gasteiger partial charge in [0.05, 0.1) is 12.6 Å². The monoisotopic (exact) mass is 234 g/mol. The van der Waals surface area contributed by atoms with Crippen LogP contribution in [0.2, 0.25) is 5.02 Å². The van der Waals surface area contributed by atoms with Gasteiger partial charge in [0.25, 0.3) is 0 Å². The maximum atomic E-state index is 8.64. The molecule has 0 saturated heterocycles. The molecular weight excluding hydrogens is 220 g/mol. The molecule has 2 nitrogen and oxygen atoms in total. The van der Waals surface area contributed by atoms with Gasteiger partial charge in [-0.2, -0.15) is 5.26 Å². The van der Waals surface area contributed by atoms with E-state index in [2.05, 4.69) is 18.3 Å². The second kappa shape index (κ2) is 4.86. The molecule has 0 amide bonds. The van der Waals surface area contributed by atoms with Gasteiger partial charge in [0, 0.05) is 11.1 Å². The van der Waals surface area contributed by atoms with E-state index in [1.165, 1.54) is 12.0 Å². The van der Waals surface area contributed by atoms with E-state index in [9.17, 15) is 0 Å². The molecule has 1 aromatic rings. The molecule has 2 rings (SSSR count). The highest BCUT2D eigenvalue weighted by Crippen LogP contribution is 2.46. The number of benzene rings is 1. The van der Waals surface area contributed by atoms with Gasteiger partial charge in [-0.1, -0.05) is 30.7 Å². The van der Waals surface area contributed by atoms with Gasteiger partial charge in [0.2, 0.25) is 0 Å². The van der Waals surface area contributed by atoms with Crippen LogP contribution in [0.1, 0.15) is 24.9 Å². The lowest BCUT2D eigenvalue weighted by atomic mass is 10.0. The average Bonchev–Trinajstić information content (AvgIpc) is 2.99. The summed E-state index contributed by atoms with van der Waals surface area (Å²) < 4.78 is 0. The van der Waals surface area contributed by atoms with Gasteiger partial charge >= 0.3 is 0 Å². The fourth-order valence-corrected chi connectivity index (χ4v) is 2.28. The number of halogens is 1. The van der Waals surface area contributed by atoms with Crippen LogP contribution in [0.5, 0.6) is 0 Å². The number of hydrogen-bond acceptors (Lipinski definition) is 2. The van der Waals surface area contributed by atoms with Crippen molar-refractivity contribution in [2.75, 3.05) is 6.54 Å². The summed E-state index contributed by atoms with van der Waals surface area (Å²) in [7, 11) is 0. The van der Waals surface area contributed by atoms with Crippen molar-refractivity contribution in [1.82, 2.24) is 5.32 Å². The summed E-state index contributed by atoms with van der Waals surface area (Å²) in [6.07, 6.45) is 1.24. The van der Waals surface area contributed by atoms with Crippen LogP contribution in [0.3, 0.4) is 0 Å². The normalized spacial score (nSPS) is 24.8. The predicted molar refractivity (Wildman–Crippen MR) is 65.1 cm³/mol. The van der Waals surface area contributed by atoms with Crippen LogP contribution in [0.15, 0.2) is 24.3 Å². The third-order valence-corrected chi connectivity index (χ3v) is 3.48. The van der Waals surface area contributed by atoms with Crippen LogP contribution in [0.4, 0.5) is 0 Å². The first kappa shape index (κ1) is 11.4. The van der Waals surface area contributed by atoms with E-state index < -0.39 is 0 Å². The summed E-state index contributed by atoms with van der Waals surface area (Å²) in [6.45, 7) is 2.65. The maximum absolute atomic E-state index is 8.64. The third kappa shape index (κ3) is 2.55. The predicted octanol–water partition coefficient (Wildman–Crippen LogP) is 3.15. The van der Waals surface area contributed by atoms with Crippen molar-refractivity contribution in [3.05, 3.63) is 34.9 Å². The number of hydrogen-bond donors (Lipinski definition) is 1. The summed E-state index contributed by atoms with van der Waals surface area (Å²) in [5.74, 6) is 1.42. The molecule has 1 saturated carbocycles. The SMILES string of the molecule is C[C@@H]1C[C@H]1[C@H](NCC#N)c1ccc(Cl)cc1. The van der Waals surface area contributed by atoms with E-state index in [0.29, 0.717) is 18.5 Å². The number of nitrogens with one attached hydrogen (secondary N) is 1. The van der Waals surface area contributed by atoms with Crippen LogP contribution in [0, 0.1) is 23.2 Å². The first-order chi connectivity index (χ1) is 7.72. The highest BCUT2D eigenvalue weighted by atomic mass is 35.5. The molecule has 0 spiro atoms. The van der Waals surface area contributed by atoms with Gasteiger partial charge in [0.15, 0.2) is 0 Å². The first-order valence-corrected chi connectivity index (χ1v) is 5.96. The van der Waals surface area contributed by atoms with Crippen LogP contribution in [-0.4, -0.2) is 6.54 Å². The summed E-state index contributed by atoms with van der Waals surface area (Å²) in [5, 5.41) is 12.7. The molecule has 3 atom stereocenters. The Hall–Kier alpha value is -1.04. The van der Waals surface area contributed by atoms with Gasteiger partial charge in [-0.25, -0.2) is 0 Å². The summed E-state index contributed by atoms with van der Waals surface area (Å²) >= 11 is 5.87. The molecule has 84 valence electrons. The largest absolute Gasteiger partial charge is 0.297 e. The van der Waals surface area contributed by atoms with Crippen molar-refractivity contribution < 1.29 is 0 Å². The van der Waals surface area contributed by atoms with Gasteiger partial charge in [-0.05, 0) is 36.0 Å². The molecule has 1 fully saturated rings. The van der Waals surface area contributed by atoms with Gasteiger partial charge in [0.1, 0.15) is 0 Å². The second-order valence-electron chi connectivity index (χ2n) is 4.45. The minimum absolute atomic E-state index is 0.298. The van der Waals surface area contributed by atoms with E-state index in [1.807, 2.05) is 24.3 Å². The molecule has 0 aromatic heterocycles. The van der Waals surface area contributed by atoms with E-state index in [-0.39, 0.29) is 0 Å². The molecule has 3 heteroatoms. The molecule has 0 aliphatic heterocycles. The lowest BCUT2D eigenvalue weighted by Gasteiger charge is -2.17. The highest BCUT2D eigenvalue weighted by molar-refractivity contribution is 6.30. The molecular formula is C13H15ClN2. The van der Waals surface area contributed by atoms with Crippen molar-refractivity contribution in [3.8, 4) is 6.07 Å². The molecule has 0 unspecified atom stereocenters. The lowest BCUT2D eigenvalue weighted by molar-refractivity contribution is 0.487. The zero-order valence-electron chi connectivity index (χ0n) is 9.28. The number of nitrogens with zero attached hydrogens (tertiary/aromatic N) is 1. The molecule has 0 bridgehead atoms. The molecule has 1 aromatic carbocycles.